The molecule has 0 radical (unpaired) electrons. The number of carbonyl (C=O) groups is 2. The molecule has 6 heteroatoms. The number of nitrogens with zero attached hydrogens (tertiary/aromatic N) is 1. The first-order chi connectivity index (χ1) is 8.79. The minimum absolute atomic E-state index is 0.162. The summed E-state index contributed by atoms with van der Waals surface area (Å²) in [6, 6.07) is 0. The van der Waals surface area contributed by atoms with Gasteiger partial charge in [0.1, 0.15) is 0 Å². The maximum absolute atomic E-state index is 12.3. The smallest absolute Gasteiger partial charge is 0.229 e. The molecule has 2 rings (SSSR count). The zero-order valence-electron chi connectivity index (χ0n) is 11.2. The van der Waals surface area contributed by atoms with Crippen molar-refractivity contribution in [3.63, 3.8) is 0 Å². The number of nitrogens with one attached hydrogen (secondary N) is 1. The minimum atomic E-state index is -1.08. The maximum atomic E-state index is 12.3. The molecule has 0 aromatic carbocycles. The summed E-state index contributed by atoms with van der Waals surface area (Å²) in [6.07, 6.45) is 2.62. The van der Waals surface area contributed by atoms with Gasteiger partial charge in [-0.05, 0) is 18.3 Å². The molecule has 1 aromatic heterocycles. The average Bonchev–Trinajstić information content (AvgIpc) is 2.87. The number of aromatic nitrogens is 1. The third-order valence-electron chi connectivity index (χ3n) is 4.66. The Balaban J connectivity index is 2.18. The van der Waals surface area contributed by atoms with Crippen molar-refractivity contribution in [3.05, 3.63) is 11.6 Å². The second kappa shape index (κ2) is 4.59. The highest BCUT2D eigenvalue weighted by molar-refractivity contribution is 7.13. The van der Waals surface area contributed by atoms with Crippen LogP contribution in [0, 0.1) is 16.7 Å². The lowest BCUT2D eigenvalue weighted by atomic mass is 9.65. The van der Waals surface area contributed by atoms with Crippen LogP contribution in [0.1, 0.15) is 33.6 Å². The van der Waals surface area contributed by atoms with Crippen LogP contribution in [-0.4, -0.2) is 16.9 Å². The van der Waals surface area contributed by atoms with Crippen LogP contribution >= 0.6 is 11.3 Å². The van der Waals surface area contributed by atoms with E-state index in [1.54, 1.807) is 18.5 Å². The molecule has 0 aliphatic heterocycles. The summed E-state index contributed by atoms with van der Waals surface area (Å²) in [6.45, 7) is 5.31. The van der Waals surface area contributed by atoms with Gasteiger partial charge in [0, 0.05) is 28.9 Å². The number of anilines is 1. The molecule has 0 saturated heterocycles. The highest BCUT2D eigenvalue weighted by Crippen LogP contribution is 2.55. The quantitative estimate of drug-likeness (QED) is 0.904. The van der Waals surface area contributed by atoms with Gasteiger partial charge >= 0.3 is 0 Å². The summed E-state index contributed by atoms with van der Waals surface area (Å²) in [5.41, 5.74) is -1.62. The molecule has 0 bridgehead atoms. The molecular weight excluding hydrogens is 264 g/mol. The Morgan fingerprint density at radius 2 is 2.16 bits per heavy atom. The molecule has 1 saturated carbocycles. The molecule has 1 heterocycles. The van der Waals surface area contributed by atoms with E-state index in [9.17, 15) is 14.7 Å². The van der Waals surface area contributed by atoms with Crippen molar-refractivity contribution in [1.29, 1.82) is 0 Å². The number of aliphatic carboxylic acids is 1. The number of thiazole rings is 1. The number of carboxylic acids is 1. The molecule has 1 aliphatic rings. The first-order valence-corrected chi connectivity index (χ1v) is 7.09. The lowest BCUT2D eigenvalue weighted by Gasteiger charge is -2.41. The van der Waals surface area contributed by atoms with Crippen LogP contribution in [0.2, 0.25) is 0 Å². The largest absolute Gasteiger partial charge is 0.550 e. The normalized spacial score (nSPS) is 29.1. The molecule has 1 aromatic rings. The molecule has 0 unspecified atom stereocenters. The van der Waals surface area contributed by atoms with Gasteiger partial charge in [-0.1, -0.05) is 20.8 Å². The van der Waals surface area contributed by atoms with Gasteiger partial charge in [0.05, 0.1) is 0 Å². The molecule has 5 nitrogen and oxygen atoms in total. The first-order valence-electron chi connectivity index (χ1n) is 6.21. The zero-order chi connectivity index (χ0) is 14.3. The minimum Gasteiger partial charge on any atom is -0.550 e. The average molecular weight is 281 g/mol. The summed E-state index contributed by atoms with van der Waals surface area (Å²) in [5.74, 6) is -1.59. The van der Waals surface area contributed by atoms with Gasteiger partial charge in [-0.2, -0.15) is 0 Å². The van der Waals surface area contributed by atoms with Gasteiger partial charge in [0.15, 0.2) is 5.13 Å². The summed E-state index contributed by atoms with van der Waals surface area (Å²) in [4.78, 5) is 27.7. The SMILES string of the molecule is CC1(C)[C@@H](C(=O)Nc2nccs2)CC[C@]1(C)C(=O)[O-]. The summed E-state index contributed by atoms with van der Waals surface area (Å²) < 4.78 is 0. The molecule has 2 atom stereocenters. The maximum Gasteiger partial charge on any atom is 0.229 e. The Kier molecular flexibility index (Phi) is 3.38. The highest BCUT2D eigenvalue weighted by Gasteiger charge is 2.54. The van der Waals surface area contributed by atoms with E-state index in [0.29, 0.717) is 18.0 Å². The van der Waals surface area contributed by atoms with E-state index in [0.717, 1.165) is 0 Å². The Morgan fingerprint density at radius 1 is 1.47 bits per heavy atom. The highest BCUT2D eigenvalue weighted by atomic mass is 32.1. The standard InChI is InChI=1S/C13H18N2O3S/c1-12(2)8(4-5-13(12,3)10(17)18)9(16)15-11-14-6-7-19-11/h6-8H,4-5H2,1-3H3,(H,17,18)(H,14,15,16)/p-1/t8-,13-/m1/s1. The molecule has 1 aliphatic carbocycles. The van der Waals surface area contributed by atoms with Gasteiger partial charge in [-0.3, -0.25) is 4.79 Å². The Morgan fingerprint density at radius 3 is 2.63 bits per heavy atom. The van der Waals surface area contributed by atoms with Crippen molar-refractivity contribution >= 4 is 28.3 Å². The van der Waals surface area contributed by atoms with E-state index in [2.05, 4.69) is 10.3 Å². The fourth-order valence-corrected chi connectivity index (χ4v) is 3.33. The van der Waals surface area contributed by atoms with Crippen LogP contribution in [0.25, 0.3) is 0 Å². The molecule has 104 valence electrons. The van der Waals surface area contributed by atoms with Crippen molar-refractivity contribution in [1.82, 2.24) is 4.98 Å². The van der Waals surface area contributed by atoms with Crippen molar-refractivity contribution < 1.29 is 14.7 Å². The van der Waals surface area contributed by atoms with E-state index >= 15 is 0 Å². The summed E-state index contributed by atoms with van der Waals surface area (Å²) in [7, 11) is 0. The second-order valence-corrected chi connectivity index (χ2v) is 6.65. The summed E-state index contributed by atoms with van der Waals surface area (Å²) >= 11 is 1.34. The number of hydrogen-bond acceptors (Lipinski definition) is 5. The van der Waals surface area contributed by atoms with Gasteiger partial charge in [0.25, 0.3) is 0 Å². The third kappa shape index (κ3) is 2.14. The van der Waals surface area contributed by atoms with Crippen molar-refractivity contribution in [2.75, 3.05) is 5.32 Å². The van der Waals surface area contributed by atoms with Crippen LogP contribution in [0.3, 0.4) is 0 Å². The number of amides is 1. The van der Waals surface area contributed by atoms with Gasteiger partial charge in [-0.25, -0.2) is 4.98 Å². The molecule has 1 amide bonds. The predicted octanol–water partition coefficient (Wildman–Crippen LogP) is 1.27. The molecule has 1 fully saturated rings. The summed E-state index contributed by atoms with van der Waals surface area (Å²) in [5, 5.41) is 16.4. The Labute approximate surface area is 116 Å². The molecular formula is C13H17N2O3S-. The van der Waals surface area contributed by atoms with Gasteiger partial charge in [-0.15, -0.1) is 11.3 Å². The monoisotopic (exact) mass is 281 g/mol. The van der Waals surface area contributed by atoms with Crippen molar-refractivity contribution in [2.45, 2.75) is 33.6 Å². The van der Waals surface area contributed by atoms with Crippen LogP contribution in [0.5, 0.6) is 0 Å². The zero-order valence-corrected chi connectivity index (χ0v) is 12.0. The lowest BCUT2D eigenvalue weighted by Crippen LogP contribution is -2.49. The van der Waals surface area contributed by atoms with E-state index < -0.39 is 16.8 Å². The number of carbonyl (C=O) groups excluding carboxylic acids is 2. The number of carboxylic acid groups (broad SMARTS) is 1. The molecule has 0 spiro atoms. The molecule has 1 N–H and O–H groups in total. The fraction of sp³-hybridized carbons (Fsp3) is 0.615. The second-order valence-electron chi connectivity index (χ2n) is 5.76. The van der Waals surface area contributed by atoms with Gasteiger partial charge in [0.2, 0.25) is 5.91 Å². The van der Waals surface area contributed by atoms with Crippen molar-refractivity contribution in [3.8, 4) is 0 Å². The van der Waals surface area contributed by atoms with Gasteiger partial charge < -0.3 is 15.2 Å². The van der Waals surface area contributed by atoms with E-state index in [4.69, 9.17) is 0 Å². The van der Waals surface area contributed by atoms with E-state index in [1.807, 2.05) is 13.8 Å². The van der Waals surface area contributed by atoms with Crippen LogP contribution < -0.4 is 10.4 Å². The Hall–Kier alpha value is -1.43. The first kappa shape index (κ1) is 14.0. The molecule has 19 heavy (non-hydrogen) atoms. The van der Waals surface area contributed by atoms with Crippen LogP contribution in [-0.2, 0) is 9.59 Å². The third-order valence-corrected chi connectivity index (χ3v) is 5.34. The fourth-order valence-electron chi connectivity index (χ4n) is 2.80. The predicted molar refractivity (Wildman–Crippen MR) is 70.4 cm³/mol. The van der Waals surface area contributed by atoms with Crippen LogP contribution in [0.15, 0.2) is 11.6 Å². The topological polar surface area (TPSA) is 82.1 Å². The lowest BCUT2D eigenvalue weighted by molar-refractivity contribution is -0.323. The number of hydrogen-bond donors (Lipinski definition) is 1. The number of rotatable bonds is 3. The van der Waals surface area contributed by atoms with Crippen LogP contribution in [0.4, 0.5) is 5.13 Å². The Bertz CT molecular complexity index is 498. The van der Waals surface area contributed by atoms with E-state index in [1.165, 1.54) is 11.3 Å². The van der Waals surface area contributed by atoms with E-state index in [-0.39, 0.29) is 11.8 Å². The van der Waals surface area contributed by atoms with Crippen molar-refractivity contribution in [2.24, 2.45) is 16.7 Å².